The molecular formula is C12H15N3O2+. The van der Waals surface area contributed by atoms with Crippen LogP contribution >= 0.6 is 0 Å². The number of rotatable bonds is 0. The van der Waals surface area contributed by atoms with Crippen molar-refractivity contribution in [2.45, 2.75) is 0 Å². The molecule has 2 rings (SSSR count). The average molecular weight is 233 g/mol. The van der Waals surface area contributed by atoms with E-state index < -0.39 is 10.5 Å². The second-order valence-corrected chi connectivity index (χ2v) is 4.26. The lowest BCUT2D eigenvalue weighted by Crippen LogP contribution is -2.58. The highest BCUT2D eigenvalue weighted by Gasteiger charge is 2.45. The number of carbonyl (C=O) groups is 2. The first-order valence-corrected chi connectivity index (χ1v) is 5.33. The highest BCUT2D eigenvalue weighted by Crippen LogP contribution is 2.35. The van der Waals surface area contributed by atoms with Crippen LogP contribution in [0.15, 0.2) is 24.3 Å². The minimum Gasteiger partial charge on any atom is -0.369 e. The van der Waals surface area contributed by atoms with E-state index in [0.717, 1.165) is 5.69 Å². The van der Waals surface area contributed by atoms with Crippen LogP contribution in [-0.2, 0) is 4.79 Å². The van der Waals surface area contributed by atoms with Gasteiger partial charge in [-0.15, -0.1) is 4.48 Å². The maximum absolute atomic E-state index is 12.1. The molecule has 0 aromatic heterocycles. The third kappa shape index (κ3) is 1.59. The summed E-state index contributed by atoms with van der Waals surface area (Å²) in [4.78, 5) is 25.6. The molecule has 0 aliphatic carbocycles. The van der Waals surface area contributed by atoms with E-state index in [0.29, 0.717) is 12.2 Å². The van der Waals surface area contributed by atoms with Gasteiger partial charge in [0.05, 0.1) is 12.7 Å². The Bertz CT molecular complexity index is 486. The Morgan fingerprint density at radius 3 is 2.71 bits per heavy atom. The van der Waals surface area contributed by atoms with Crippen LogP contribution in [0.25, 0.3) is 0 Å². The average Bonchev–Trinajstić information content (AvgIpc) is 2.42. The predicted molar refractivity (Wildman–Crippen MR) is 66.3 cm³/mol. The van der Waals surface area contributed by atoms with Crippen molar-refractivity contribution in [3.63, 3.8) is 0 Å². The number of imide groups is 1. The van der Waals surface area contributed by atoms with E-state index in [-0.39, 0.29) is 5.91 Å². The third-order valence-electron chi connectivity index (χ3n) is 3.20. The monoisotopic (exact) mass is 233 g/mol. The molecule has 17 heavy (non-hydrogen) atoms. The number of primary amides is 1. The Hall–Kier alpha value is -1.88. The summed E-state index contributed by atoms with van der Waals surface area (Å²) in [6.45, 7) is 0.469. The number of urea groups is 1. The van der Waals surface area contributed by atoms with Gasteiger partial charge < -0.3 is 10.6 Å². The molecule has 0 spiro atoms. The van der Waals surface area contributed by atoms with Crippen LogP contribution < -0.4 is 15.1 Å². The number of hydrogen-bond donors (Lipinski definition) is 1. The maximum atomic E-state index is 12.1. The molecule has 89 valence electrons. The molecule has 1 aromatic carbocycles. The van der Waals surface area contributed by atoms with E-state index in [1.165, 1.54) is 13.5 Å². The second-order valence-electron chi connectivity index (χ2n) is 4.26. The quantitative estimate of drug-likeness (QED) is 0.677. The summed E-state index contributed by atoms with van der Waals surface area (Å²) in [6, 6.07) is 6.63. The molecule has 1 unspecified atom stereocenters. The number of carbonyl (C=O) groups excluding carboxylic acids is 2. The molecule has 0 fully saturated rings. The lowest BCUT2D eigenvalue weighted by Gasteiger charge is -2.26. The van der Waals surface area contributed by atoms with Gasteiger partial charge in [0.15, 0.2) is 5.69 Å². The summed E-state index contributed by atoms with van der Waals surface area (Å²) < 4.78 is -0.513. The molecular weight excluding hydrogens is 218 g/mol. The topological polar surface area (TPSA) is 63.4 Å². The number of nitrogens with zero attached hydrogens (tertiary/aromatic N) is 2. The largest absolute Gasteiger partial charge is 0.426 e. The Labute approximate surface area is 100 Å². The van der Waals surface area contributed by atoms with Gasteiger partial charge in [-0.2, -0.15) is 0 Å². The van der Waals surface area contributed by atoms with Crippen LogP contribution in [0.4, 0.5) is 16.2 Å². The number of nitrogens with two attached hydrogens (primary N) is 1. The zero-order valence-electron chi connectivity index (χ0n) is 9.88. The summed E-state index contributed by atoms with van der Waals surface area (Å²) >= 11 is 0. The van der Waals surface area contributed by atoms with Crippen molar-refractivity contribution in [2.75, 3.05) is 25.5 Å². The van der Waals surface area contributed by atoms with Crippen molar-refractivity contribution < 1.29 is 9.59 Å². The van der Waals surface area contributed by atoms with Crippen LogP contribution in [0.5, 0.6) is 0 Å². The number of amides is 3. The van der Waals surface area contributed by atoms with E-state index in [4.69, 9.17) is 5.73 Å². The molecule has 1 atom stereocenters. The van der Waals surface area contributed by atoms with Gasteiger partial charge in [0, 0.05) is 19.7 Å². The van der Waals surface area contributed by atoms with Crippen LogP contribution in [0, 0.1) is 6.42 Å². The first-order valence-electron chi connectivity index (χ1n) is 5.33. The van der Waals surface area contributed by atoms with E-state index in [2.05, 4.69) is 0 Å². The fourth-order valence-corrected chi connectivity index (χ4v) is 2.01. The van der Waals surface area contributed by atoms with E-state index in [1.54, 1.807) is 12.1 Å². The highest BCUT2D eigenvalue weighted by molar-refractivity contribution is 6.13. The first kappa shape index (κ1) is 11.6. The minimum absolute atomic E-state index is 0.297. The molecule has 5 nitrogen and oxygen atoms in total. The Balaban J connectivity index is 2.70. The van der Waals surface area contributed by atoms with E-state index in [9.17, 15) is 9.59 Å². The van der Waals surface area contributed by atoms with E-state index in [1.807, 2.05) is 24.1 Å². The summed E-state index contributed by atoms with van der Waals surface area (Å²) in [5, 5.41) is 0. The van der Waals surface area contributed by atoms with Gasteiger partial charge in [-0.05, 0) is 6.07 Å². The standard InChI is InChI=1S/C12H14N3O2/c1-14-8-7-11(16)15(2,12(13)17)10-6-4-3-5-9(10)14/h3-7H,8H2,1-2H3,(H-,13,17)/p+1. The molecule has 1 aliphatic rings. The van der Waals surface area contributed by atoms with Crippen LogP contribution in [-0.4, -0.2) is 32.6 Å². The lowest BCUT2D eigenvalue weighted by molar-refractivity contribution is -0.123. The number of para-hydroxylation sites is 2. The summed E-state index contributed by atoms with van der Waals surface area (Å²) in [6.07, 6.45) is 1.49. The molecule has 1 radical (unpaired) electrons. The van der Waals surface area contributed by atoms with E-state index >= 15 is 0 Å². The number of benzene rings is 1. The van der Waals surface area contributed by atoms with Crippen LogP contribution in [0.3, 0.4) is 0 Å². The second kappa shape index (κ2) is 3.85. The molecule has 5 heteroatoms. The summed E-state index contributed by atoms with van der Waals surface area (Å²) in [5.74, 6) is -0.297. The molecule has 0 bridgehead atoms. The van der Waals surface area contributed by atoms with Gasteiger partial charge in [0.25, 0.3) is 0 Å². The fraction of sp³-hybridized carbons (Fsp3) is 0.250. The normalized spacial score (nSPS) is 24.1. The van der Waals surface area contributed by atoms with Crippen molar-refractivity contribution in [1.82, 2.24) is 4.48 Å². The van der Waals surface area contributed by atoms with Crippen molar-refractivity contribution in [3.8, 4) is 0 Å². The van der Waals surface area contributed by atoms with Gasteiger partial charge in [0.1, 0.15) is 6.42 Å². The van der Waals surface area contributed by atoms with Crippen LogP contribution in [0.2, 0.25) is 0 Å². The Kier molecular flexibility index (Phi) is 2.63. The molecule has 1 heterocycles. The van der Waals surface area contributed by atoms with Gasteiger partial charge in [-0.3, -0.25) is 0 Å². The molecule has 3 amide bonds. The van der Waals surface area contributed by atoms with Gasteiger partial charge in [-0.1, -0.05) is 12.1 Å². The molecule has 1 aliphatic heterocycles. The van der Waals surface area contributed by atoms with Gasteiger partial charge in [-0.25, -0.2) is 9.59 Å². The fourth-order valence-electron chi connectivity index (χ4n) is 2.01. The first-order chi connectivity index (χ1) is 7.98. The predicted octanol–water partition coefficient (Wildman–Crippen LogP) is 0.883. The third-order valence-corrected chi connectivity index (χ3v) is 3.20. The van der Waals surface area contributed by atoms with Crippen LogP contribution in [0.1, 0.15) is 0 Å². The van der Waals surface area contributed by atoms with Gasteiger partial charge >= 0.3 is 11.9 Å². The Morgan fingerprint density at radius 2 is 2.06 bits per heavy atom. The summed E-state index contributed by atoms with van der Waals surface area (Å²) in [7, 11) is 3.40. The molecule has 2 N–H and O–H groups in total. The van der Waals surface area contributed by atoms with Crippen molar-refractivity contribution >= 4 is 23.3 Å². The number of quaternary nitrogens is 1. The van der Waals surface area contributed by atoms with Crippen molar-refractivity contribution in [2.24, 2.45) is 5.73 Å². The zero-order chi connectivity index (χ0) is 12.6. The highest BCUT2D eigenvalue weighted by atomic mass is 16.2. The summed E-state index contributed by atoms with van der Waals surface area (Å²) in [5.41, 5.74) is 6.85. The smallest absolute Gasteiger partial charge is 0.369 e. The zero-order valence-corrected chi connectivity index (χ0v) is 9.88. The van der Waals surface area contributed by atoms with Gasteiger partial charge in [0.2, 0.25) is 0 Å². The van der Waals surface area contributed by atoms with Crippen molar-refractivity contribution in [3.05, 3.63) is 30.7 Å². The lowest BCUT2D eigenvalue weighted by atomic mass is 10.2. The number of hydrogen-bond acceptors (Lipinski definition) is 3. The molecule has 0 saturated carbocycles. The molecule has 0 saturated heterocycles. The SMILES string of the molecule is CN1C[CH]C(=O)[N+](C)(C(N)=O)c2ccccc21. The number of anilines is 1. The number of fused-ring (bicyclic) bond motifs is 1. The maximum Gasteiger partial charge on any atom is 0.426 e. The Morgan fingerprint density at radius 1 is 1.41 bits per heavy atom. The van der Waals surface area contributed by atoms with Crippen molar-refractivity contribution in [1.29, 1.82) is 0 Å². The molecule has 1 aromatic rings. The minimum atomic E-state index is -0.672.